The summed E-state index contributed by atoms with van der Waals surface area (Å²) in [5.41, 5.74) is 6.89. The number of fused-ring (bicyclic) bond motifs is 1. The maximum atomic E-state index is 6.30. The Morgan fingerprint density at radius 3 is 2.56 bits per heavy atom. The van der Waals surface area contributed by atoms with E-state index in [0.717, 1.165) is 64.2 Å². The minimum absolute atomic E-state index is 0.0366. The number of rotatable bonds is 9. The molecule has 1 aliphatic rings. The van der Waals surface area contributed by atoms with Crippen molar-refractivity contribution in [2.75, 3.05) is 48.4 Å². The van der Waals surface area contributed by atoms with E-state index in [1.807, 2.05) is 39.3 Å². The minimum Gasteiger partial charge on any atom is -0.489 e. The Morgan fingerprint density at radius 1 is 1.07 bits per heavy atom. The van der Waals surface area contributed by atoms with E-state index < -0.39 is 0 Å². The molecule has 4 aromatic rings. The molecule has 0 radical (unpaired) electrons. The predicted octanol–water partition coefficient (Wildman–Crippen LogP) is 7.29. The Bertz CT molecular complexity index is 1530. The van der Waals surface area contributed by atoms with E-state index in [0.29, 0.717) is 17.7 Å². The number of piperidine rings is 1. The smallest absolute Gasteiger partial charge is 0.229 e. The zero-order valence-corrected chi connectivity index (χ0v) is 26.8. The van der Waals surface area contributed by atoms with Crippen molar-refractivity contribution in [2.45, 2.75) is 45.6 Å². The number of aromatic nitrogens is 4. The second-order valence-corrected chi connectivity index (χ2v) is 12.4. The first-order valence-corrected chi connectivity index (χ1v) is 15.8. The Morgan fingerprint density at radius 2 is 1.83 bits per heavy atom. The van der Waals surface area contributed by atoms with Crippen LogP contribution >= 0.6 is 27.9 Å². The first-order chi connectivity index (χ1) is 19.7. The summed E-state index contributed by atoms with van der Waals surface area (Å²) < 4.78 is 9.11. The number of nitrogens with one attached hydrogen (secondary N) is 2. The summed E-state index contributed by atoms with van der Waals surface area (Å²) in [5.74, 6) is 2.45. The summed E-state index contributed by atoms with van der Waals surface area (Å²) in [6.07, 6.45) is 9.54. The van der Waals surface area contributed by atoms with Crippen LogP contribution < -0.4 is 19.7 Å². The minimum atomic E-state index is 0.0366. The van der Waals surface area contributed by atoms with E-state index in [4.69, 9.17) is 9.72 Å². The van der Waals surface area contributed by atoms with Gasteiger partial charge < -0.3 is 24.6 Å². The van der Waals surface area contributed by atoms with Gasteiger partial charge in [-0.25, -0.2) is 4.98 Å². The molecule has 1 fully saturated rings. The molecule has 0 amide bonds. The second-order valence-electron chi connectivity index (χ2n) is 10.7. The number of anilines is 5. The van der Waals surface area contributed by atoms with Crippen LogP contribution in [-0.2, 0) is 0 Å². The van der Waals surface area contributed by atoms with Crippen LogP contribution in [0.15, 0.2) is 47.3 Å². The highest BCUT2D eigenvalue weighted by Crippen LogP contribution is 2.39. The molecule has 1 saturated heterocycles. The average molecular weight is 638 g/mol. The van der Waals surface area contributed by atoms with Crippen LogP contribution in [0.3, 0.4) is 0 Å². The number of likely N-dealkylation sites (tertiary alicyclic amines) is 1. The zero-order valence-electron chi connectivity index (χ0n) is 24.4. The summed E-state index contributed by atoms with van der Waals surface area (Å²) in [5, 5.41) is 6.93. The Labute approximate surface area is 254 Å². The van der Waals surface area contributed by atoms with E-state index in [1.165, 1.54) is 11.1 Å². The van der Waals surface area contributed by atoms with Crippen LogP contribution in [0.4, 0.5) is 28.8 Å². The lowest BCUT2D eigenvalue weighted by Crippen LogP contribution is -2.29. The molecule has 0 unspecified atom stereocenters. The molecule has 0 bridgehead atoms. The molecule has 2 aromatic carbocycles. The molecule has 0 saturated carbocycles. The number of ether oxygens (including phenoxy) is 1. The van der Waals surface area contributed by atoms with Gasteiger partial charge in [-0.1, -0.05) is 11.9 Å². The molecule has 41 heavy (non-hydrogen) atoms. The molecule has 1 aliphatic heterocycles. The molecular weight excluding hydrogens is 600 g/mol. The largest absolute Gasteiger partial charge is 0.489 e. The molecular formula is C30H37BrN8OS. The Kier molecular flexibility index (Phi) is 9.16. The van der Waals surface area contributed by atoms with Crippen LogP contribution in [0.1, 0.15) is 43.7 Å². The van der Waals surface area contributed by atoms with E-state index in [2.05, 4.69) is 76.8 Å². The van der Waals surface area contributed by atoms with Crippen molar-refractivity contribution in [1.29, 1.82) is 0 Å². The summed E-state index contributed by atoms with van der Waals surface area (Å²) >= 11 is 5.23. The van der Waals surface area contributed by atoms with Gasteiger partial charge in [-0.3, -0.25) is 9.97 Å². The summed E-state index contributed by atoms with van der Waals surface area (Å²) in [7, 11) is 4.20. The maximum absolute atomic E-state index is 6.30. The highest BCUT2D eigenvalue weighted by molar-refractivity contribution is 9.10. The lowest BCUT2D eigenvalue weighted by Gasteiger charge is -2.30. The van der Waals surface area contributed by atoms with Gasteiger partial charge in [0, 0.05) is 31.9 Å². The quantitative estimate of drug-likeness (QED) is 0.182. The van der Waals surface area contributed by atoms with Crippen LogP contribution in [-0.4, -0.2) is 64.4 Å². The molecule has 5 rings (SSSR count). The van der Waals surface area contributed by atoms with Gasteiger partial charge in [0.1, 0.15) is 17.1 Å². The molecule has 2 N–H and O–H groups in total. The Balaban J connectivity index is 1.47. The van der Waals surface area contributed by atoms with E-state index in [9.17, 15) is 0 Å². The third-order valence-electron chi connectivity index (χ3n) is 7.34. The van der Waals surface area contributed by atoms with Gasteiger partial charge in [-0.15, -0.1) is 0 Å². The van der Waals surface area contributed by atoms with E-state index in [-0.39, 0.29) is 6.10 Å². The van der Waals surface area contributed by atoms with Gasteiger partial charge in [0.05, 0.1) is 33.2 Å². The van der Waals surface area contributed by atoms with Crippen LogP contribution in [0.5, 0.6) is 5.75 Å². The number of aryl methyl sites for hydroxylation is 1. The molecule has 11 heteroatoms. The van der Waals surface area contributed by atoms with Crippen molar-refractivity contribution in [2.24, 2.45) is 0 Å². The van der Waals surface area contributed by atoms with Crippen molar-refractivity contribution < 1.29 is 4.74 Å². The number of nitrogens with zero attached hydrogens (tertiary/aromatic N) is 6. The van der Waals surface area contributed by atoms with Crippen molar-refractivity contribution in [3.63, 3.8) is 0 Å². The third-order valence-corrected chi connectivity index (χ3v) is 8.65. The van der Waals surface area contributed by atoms with Crippen LogP contribution in [0, 0.1) is 6.92 Å². The number of benzene rings is 2. The fourth-order valence-corrected chi connectivity index (χ4v) is 5.87. The SMILES string of the molecule is CSN(C)c1c(Nc2nc(Nc3cc(C)c(C4CCN(C)CC4)cc3OC(C)C)ncc2Br)ccc2nccnc12. The summed E-state index contributed by atoms with van der Waals surface area (Å²) in [6.45, 7) is 8.51. The Hall–Kier alpha value is -3.15. The molecule has 0 atom stereocenters. The van der Waals surface area contributed by atoms with Crippen molar-refractivity contribution in [3.05, 3.63) is 58.5 Å². The lowest BCUT2D eigenvalue weighted by atomic mass is 9.86. The topological polar surface area (TPSA) is 91.3 Å². The molecule has 2 aromatic heterocycles. The first-order valence-electron chi connectivity index (χ1n) is 13.8. The summed E-state index contributed by atoms with van der Waals surface area (Å²) in [4.78, 5) is 20.9. The van der Waals surface area contributed by atoms with Gasteiger partial charge in [0.25, 0.3) is 0 Å². The lowest BCUT2D eigenvalue weighted by molar-refractivity contribution is 0.241. The highest BCUT2D eigenvalue weighted by Gasteiger charge is 2.23. The summed E-state index contributed by atoms with van der Waals surface area (Å²) in [6, 6.07) is 8.34. The van der Waals surface area contributed by atoms with Crippen molar-refractivity contribution in [1.82, 2.24) is 24.8 Å². The molecule has 0 spiro atoms. The van der Waals surface area contributed by atoms with Gasteiger partial charge in [0.2, 0.25) is 5.95 Å². The van der Waals surface area contributed by atoms with E-state index >= 15 is 0 Å². The highest BCUT2D eigenvalue weighted by atomic mass is 79.9. The average Bonchev–Trinajstić information content (AvgIpc) is 2.96. The number of hydrogen-bond acceptors (Lipinski definition) is 10. The van der Waals surface area contributed by atoms with Crippen LogP contribution in [0.2, 0.25) is 0 Å². The number of hydrogen-bond donors (Lipinski definition) is 2. The zero-order chi connectivity index (χ0) is 29.1. The van der Waals surface area contributed by atoms with Gasteiger partial charge >= 0.3 is 0 Å². The third kappa shape index (κ3) is 6.68. The van der Waals surface area contributed by atoms with Gasteiger partial charge in [0.15, 0.2) is 0 Å². The monoisotopic (exact) mass is 636 g/mol. The predicted molar refractivity (Wildman–Crippen MR) is 174 cm³/mol. The van der Waals surface area contributed by atoms with Crippen LogP contribution in [0.25, 0.3) is 11.0 Å². The van der Waals surface area contributed by atoms with Crippen molar-refractivity contribution in [3.8, 4) is 5.75 Å². The van der Waals surface area contributed by atoms with Gasteiger partial charge in [-0.05, 0) is 111 Å². The normalized spacial score (nSPS) is 14.4. The fourth-order valence-electron chi connectivity index (χ4n) is 5.21. The second kappa shape index (κ2) is 12.8. The van der Waals surface area contributed by atoms with E-state index in [1.54, 1.807) is 30.5 Å². The standard InChI is InChI=1S/C30H37BrN8OS/c1-18(2)40-26-16-21(20-9-13-38(4)14-10-20)19(3)15-25(26)36-30-34-17-22(31)29(37-30)35-24-8-7-23-27(33-12-11-32-23)28(24)39(5)41-6/h7-8,11-12,15-18,20H,9-10,13-14H2,1-6H3,(H2,34,35,36,37). The fraction of sp³-hybridized carbons (Fsp3) is 0.400. The van der Waals surface area contributed by atoms with Crippen molar-refractivity contribution >= 4 is 67.7 Å². The molecule has 9 nitrogen and oxygen atoms in total. The molecule has 3 heterocycles. The maximum Gasteiger partial charge on any atom is 0.229 e. The van der Waals surface area contributed by atoms with Gasteiger partial charge in [-0.2, -0.15) is 4.98 Å². The first kappa shape index (κ1) is 29.3. The molecule has 216 valence electrons. The molecule has 0 aliphatic carbocycles. The number of halogens is 1.